The van der Waals surface area contributed by atoms with E-state index in [1.807, 2.05) is 41.3 Å². The standard InChI is InChI=1S/C30H38N6O6/c1-39-23-12-9-20(25(14-23)41-3)16-36(17-21-10-13-24(40-2)15-26(21)42-4)29-27(31)28(32-18-33-29)34-22-7-5-6-19(8-11-22)30(37)35-38/h9-10,12-15,18-19,22H,5-8,11,16-17,31H2,1-4H3,(H,32,33,34). The molecule has 2 unspecified atom stereocenters. The smallest absolute Gasteiger partial charge is 0.289 e. The number of nitrogens with zero attached hydrogens (tertiary/aromatic N) is 4. The predicted octanol–water partition coefficient (Wildman–Crippen LogP) is 4.95. The summed E-state index contributed by atoms with van der Waals surface area (Å²) in [5.74, 6) is 2.84. The largest absolute Gasteiger partial charge is 0.497 e. The quantitative estimate of drug-likeness (QED) is 0.222. The molecule has 42 heavy (non-hydrogen) atoms. The van der Waals surface area contributed by atoms with Crippen LogP contribution < -0.4 is 34.9 Å². The minimum atomic E-state index is -0.571. The Hall–Kier alpha value is -4.61. The van der Waals surface area contributed by atoms with E-state index in [-0.39, 0.29) is 12.0 Å². The SMILES string of the molecule is COc1ccc(CN(Cc2ccc(OC)cc2OC)c2ncnc(NC3CCCC(C(=O)N=O)CC3)c2N)c(OC)c1. The monoisotopic (exact) mass is 578 g/mol. The highest BCUT2D eigenvalue weighted by atomic mass is 16.5. The van der Waals surface area contributed by atoms with Crippen molar-refractivity contribution >= 4 is 23.2 Å². The number of ether oxygens (including phenoxy) is 4. The van der Waals surface area contributed by atoms with Crippen LogP contribution in [-0.2, 0) is 17.9 Å². The third kappa shape index (κ3) is 7.17. The molecular formula is C30H38N6O6. The number of anilines is 3. The summed E-state index contributed by atoms with van der Waals surface area (Å²) < 4.78 is 22.1. The highest BCUT2D eigenvalue weighted by Crippen LogP contribution is 2.35. The Labute approximate surface area is 245 Å². The molecule has 2 atom stereocenters. The molecule has 4 rings (SSSR count). The molecule has 1 amide bonds. The van der Waals surface area contributed by atoms with Gasteiger partial charge in [-0.3, -0.25) is 4.79 Å². The van der Waals surface area contributed by atoms with E-state index in [1.54, 1.807) is 28.4 Å². The zero-order chi connectivity index (χ0) is 30.1. The van der Waals surface area contributed by atoms with Gasteiger partial charge in [0, 0.05) is 53.5 Å². The normalized spacial score (nSPS) is 16.6. The number of amides is 1. The van der Waals surface area contributed by atoms with Crippen LogP contribution in [0, 0.1) is 10.8 Å². The van der Waals surface area contributed by atoms with Crippen molar-refractivity contribution in [3.63, 3.8) is 0 Å². The second-order valence-corrected chi connectivity index (χ2v) is 10.1. The number of nitrogen functional groups attached to an aromatic ring is 1. The van der Waals surface area contributed by atoms with E-state index in [1.165, 1.54) is 6.33 Å². The van der Waals surface area contributed by atoms with E-state index in [9.17, 15) is 9.70 Å². The Morgan fingerprint density at radius 2 is 1.52 bits per heavy atom. The first-order valence-corrected chi connectivity index (χ1v) is 13.8. The number of rotatable bonds is 12. The lowest BCUT2D eigenvalue weighted by Gasteiger charge is -2.28. The van der Waals surface area contributed by atoms with Gasteiger partial charge in [0.05, 0.1) is 28.4 Å². The minimum Gasteiger partial charge on any atom is -0.497 e. The van der Waals surface area contributed by atoms with E-state index in [2.05, 4.69) is 20.5 Å². The van der Waals surface area contributed by atoms with Gasteiger partial charge < -0.3 is 34.9 Å². The van der Waals surface area contributed by atoms with E-state index >= 15 is 0 Å². The maximum atomic E-state index is 11.8. The van der Waals surface area contributed by atoms with E-state index in [4.69, 9.17) is 24.7 Å². The number of carbonyl (C=O) groups excluding carboxylic acids is 1. The van der Waals surface area contributed by atoms with Crippen LogP contribution in [-0.4, -0.2) is 50.4 Å². The second-order valence-electron chi connectivity index (χ2n) is 10.1. The summed E-state index contributed by atoms with van der Waals surface area (Å²) in [4.78, 5) is 33.7. The van der Waals surface area contributed by atoms with E-state index in [0.717, 1.165) is 24.0 Å². The summed E-state index contributed by atoms with van der Waals surface area (Å²) in [7, 11) is 6.45. The van der Waals surface area contributed by atoms with Gasteiger partial charge in [-0.25, -0.2) is 9.97 Å². The third-order valence-corrected chi connectivity index (χ3v) is 7.62. The van der Waals surface area contributed by atoms with Gasteiger partial charge in [0.2, 0.25) is 0 Å². The minimum absolute atomic E-state index is 0.0383. The number of carbonyl (C=O) groups is 1. The average Bonchev–Trinajstić information content (AvgIpc) is 3.27. The molecule has 0 radical (unpaired) electrons. The van der Waals surface area contributed by atoms with Crippen molar-refractivity contribution in [2.75, 3.05) is 44.4 Å². The third-order valence-electron chi connectivity index (χ3n) is 7.62. The Kier molecular flexibility index (Phi) is 10.4. The van der Waals surface area contributed by atoms with Gasteiger partial charge >= 0.3 is 0 Å². The van der Waals surface area contributed by atoms with Gasteiger partial charge in [0.15, 0.2) is 11.6 Å². The van der Waals surface area contributed by atoms with Crippen LogP contribution in [0.2, 0.25) is 0 Å². The zero-order valence-electron chi connectivity index (χ0n) is 24.5. The number of nitrogens with one attached hydrogen (secondary N) is 1. The maximum Gasteiger partial charge on any atom is 0.289 e. The van der Waals surface area contributed by atoms with Gasteiger partial charge in [-0.1, -0.05) is 6.42 Å². The second kappa shape index (κ2) is 14.3. The molecule has 0 bridgehead atoms. The summed E-state index contributed by atoms with van der Waals surface area (Å²) in [5, 5.41) is 6.09. The Morgan fingerprint density at radius 1 is 0.905 bits per heavy atom. The lowest BCUT2D eigenvalue weighted by molar-refractivity contribution is -0.122. The summed E-state index contributed by atoms with van der Waals surface area (Å²) in [6.45, 7) is 0.823. The molecule has 224 valence electrons. The highest BCUT2D eigenvalue weighted by Gasteiger charge is 2.26. The Bertz CT molecular complexity index is 1330. The van der Waals surface area contributed by atoms with Crippen LogP contribution >= 0.6 is 0 Å². The van der Waals surface area contributed by atoms with Crippen LogP contribution in [0.15, 0.2) is 47.9 Å². The molecule has 1 aliphatic carbocycles. The van der Waals surface area contributed by atoms with Crippen molar-refractivity contribution in [1.82, 2.24) is 9.97 Å². The van der Waals surface area contributed by atoms with Gasteiger partial charge in [-0.15, -0.1) is 4.91 Å². The highest BCUT2D eigenvalue weighted by molar-refractivity contribution is 5.79. The fourth-order valence-electron chi connectivity index (χ4n) is 5.30. The molecule has 1 saturated carbocycles. The molecule has 1 heterocycles. The molecule has 12 heteroatoms. The number of aromatic nitrogens is 2. The molecule has 0 aliphatic heterocycles. The molecule has 0 spiro atoms. The number of nitroso groups, excluding NO2 is 1. The first-order valence-electron chi connectivity index (χ1n) is 13.8. The van der Waals surface area contributed by atoms with Crippen LogP contribution in [0.1, 0.15) is 43.2 Å². The van der Waals surface area contributed by atoms with Gasteiger partial charge in [-0.2, -0.15) is 0 Å². The summed E-state index contributed by atoms with van der Waals surface area (Å²) in [6, 6.07) is 11.4. The van der Waals surface area contributed by atoms with Gasteiger partial charge in [0.25, 0.3) is 5.91 Å². The van der Waals surface area contributed by atoms with Crippen molar-refractivity contribution < 1.29 is 23.7 Å². The van der Waals surface area contributed by atoms with Crippen molar-refractivity contribution in [3.05, 3.63) is 58.8 Å². The first kappa shape index (κ1) is 30.4. The summed E-state index contributed by atoms with van der Waals surface area (Å²) >= 11 is 0. The summed E-state index contributed by atoms with van der Waals surface area (Å²) in [5.41, 5.74) is 8.94. The van der Waals surface area contributed by atoms with Crippen LogP contribution in [0.5, 0.6) is 23.0 Å². The topological polar surface area (TPSA) is 150 Å². The van der Waals surface area contributed by atoms with Crippen molar-refractivity contribution in [2.24, 2.45) is 11.1 Å². The Balaban J connectivity index is 1.66. The molecule has 3 aromatic rings. The number of benzene rings is 2. The predicted molar refractivity (Wildman–Crippen MR) is 160 cm³/mol. The lowest BCUT2D eigenvalue weighted by atomic mass is 10.00. The van der Waals surface area contributed by atoms with Crippen molar-refractivity contribution in [2.45, 2.75) is 51.2 Å². The molecule has 0 saturated heterocycles. The zero-order valence-corrected chi connectivity index (χ0v) is 24.5. The lowest BCUT2D eigenvalue weighted by Crippen LogP contribution is -2.26. The van der Waals surface area contributed by atoms with Crippen LogP contribution in [0.25, 0.3) is 0 Å². The number of methoxy groups -OCH3 is 4. The first-order chi connectivity index (χ1) is 20.4. The van der Waals surface area contributed by atoms with Crippen molar-refractivity contribution in [3.8, 4) is 23.0 Å². The van der Waals surface area contributed by atoms with Crippen molar-refractivity contribution in [1.29, 1.82) is 0 Å². The van der Waals surface area contributed by atoms with Gasteiger partial charge in [-0.05, 0) is 49.9 Å². The van der Waals surface area contributed by atoms with E-state index in [0.29, 0.717) is 72.7 Å². The number of hydrogen-bond donors (Lipinski definition) is 2. The molecule has 12 nitrogen and oxygen atoms in total. The fourth-order valence-corrected chi connectivity index (χ4v) is 5.30. The molecule has 1 fully saturated rings. The van der Waals surface area contributed by atoms with Crippen LogP contribution in [0.4, 0.5) is 17.3 Å². The molecular weight excluding hydrogens is 540 g/mol. The summed E-state index contributed by atoms with van der Waals surface area (Å²) in [6.07, 6.45) is 5.02. The fraction of sp³-hybridized carbons (Fsp3) is 0.433. The average molecular weight is 579 g/mol. The maximum absolute atomic E-state index is 11.8. The molecule has 3 N–H and O–H groups in total. The number of nitrogens with two attached hydrogens (primary N) is 1. The van der Waals surface area contributed by atoms with E-state index < -0.39 is 5.91 Å². The van der Waals surface area contributed by atoms with Crippen LogP contribution in [0.3, 0.4) is 0 Å². The molecule has 1 aliphatic rings. The Morgan fingerprint density at radius 3 is 2.07 bits per heavy atom. The van der Waals surface area contributed by atoms with Gasteiger partial charge in [0.1, 0.15) is 35.0 Å². The molecule has 2 aromatic carbocycles. The number of hydrogen-bond acceptors (Lipinski definition) is 11. The molecule has 1 aromatic heterocycles.